The first-order valence-electron chi connectivity index (χ1n) is 5.07. The van der Waals surface area contributed by atoms with Gasteiger partial charge in [0.1, 0.15) is 6.07 Å². The van der Waals surface area contributed by atoms with Crippen LogP contribution in [0.3, 0.4) is 0 Å². The predicted molar refractivity (Wildman–Crippen MR) is 66.5 cm³/mol. The van der Waals surface area contributed by atoms with E-state index in [9.17, 15) is 4.79 Å². The van der Waals surface area contributed by atoms with Gasteiger partial charge in [0.05, 0.1) is 5.56 Å². The zero-order valence-electron chi connectivity index (χ0n) is 9.20. The smallest absolute Gasteiger partial charge is 0.336 e. The summed E-state index contributed by atoms with van der Waals surface area (Å²) in [5, 5.41) is 18.0. The van der Waals surface area contributed by atoms with Gasteiger partial charge < -0.3 is 5.11 Å². The van der Waals surface area contributed by atoms with Crippen LogP contribution in [0.25, 0.3) is 0 Å². The molecule has 1 aromatic heterocycles. The Kier molecular flexibility index (Phi) is 3.60. The Morgan fingerprint density at radius 3 is 2.67 bits per heavy atom. The number of nitriles is 1. The largest absolute Gasteiger partial charge is 0.478 e. The molecule has 2 rings (SSSR count). The molecule has 0 atom stereocenters. The Balaban J connectivity index is 2.41. The lowest BCUT2D eigenvalue weighted by atomic mass is 10.2. The maximum absolute atomic E-state index is 11.1. The SMILES string of the molecule is N#Cc1ncccc1Sc1ccccc1C(=O)O. The van der Waals surface area contributed by atoms with Crippen molar-refractivity contribution in [2.24, 2.45) is 0 Å². The Morgan fingerprint density at radius 2 is 1.94 bits per heavy atom. The molecular weight excluding hydrogens is 248 g/mol. The molecule has 0 spiro atoms. The third-order valence-corrected chi connectivity index (χ3v) is 3.34. The molecule has 5 heteroatoms. The number of nitrogens with zero attached hydrogens (tertiary/aromatic N) is 2. The summed E-state index contributed by atoms with van der Waals surface area (Å²) >= 11 is 1.23. The number of rotatable bonds is 3. The number of benzene rings is 1. The minimum Gasteiger partial charge on any atom is -0.478 e. The summed E-state index contributed by atoms with van der Waals surface area (Å²) in [6.07, 6.45) is 1.53. The van der Waals surface area contributed by atoms with Crippen LogP contribution in [0.1, 0.15) is 16.1 Å². The molecule has 18 heavy (non-hydrogen) atoms. The molecule has 0 fully saturated rings. The molecule has 1 aromatic carbocycles. The highest BCUT2D eigenvalue weighted by Crippen LogP contribution is 2.31. The zero-order valence-corrected chi connectivity index (χ0v) is 10.0. The van der Waals surface area contributed by atoms with E-state index in [0.717, 1.165) is 0 Å². The number of carboxylic acid groups (broad SMARTS) is 1. The molecule has 0 aliphatic rings. The van der Waals surface area contributed by atoms with Crippen LogP contribution in [0, 0.1) is 11.3 Å². The van der Waals surface area contributed by atoms with Crippen LogP contribution in [0.15, 0.2) is 52.4 Å². The van der Waals surface area contributed by atoms with E-state index in [1.54, 1.807) is 30.3 Å². The summed E-state index contributed by atoms with van der Waals surface area (Å²) in [6.45, 7) is 0. The number of aromatic carboxylic acids is 1. The molecule has 0 amide bonds. The van der Waals surface area contributed by atoms with Crippen molar-refractivity contribution in [2.75, 3.05) is 0 Å². The van der Waals surface area contributed by atoms with E-state index < -0.39 is 5.97 Å². The van der Waals surface area contributed by atoms with Gasteiger partial charge >= 0.3 is 5.97 Å². The van der Waals surface area contributed by atoms with Crippen molar-refractivity contribution < 1.29 is 9.90 Å². The summed E-state index contributed by atoms with van der Waals surface area (Å²) in [7, 11) is 0. The second kappa shape index (κ2) is 5.34. The van der Waals surface area contributed by atoms with E-state index in [1.165, 1.54) is 24.0 Å². The molecule has 0 aliphatic carbocycles. The van der Waals surface area contributed by atoms with Crippen molar-refractivity contribution in [2.45, 2.75) is 9.79 Å². The number of hydrogen-bond acceptors (Lipinski definition) is 4. The number of pyridine rings is 1. The fourth-order valence-electron chi connectivity index (χ4n) is 1.41. The van der Waals surface area contributed by atoms with Crippen molar-refractivity contribution in [3.63, 3.8) is 0 Å². The predicted octanol–water partition coefficient (Wildman–Crippen LogP) is 2.80. The van der Waals surface area contributed by atoms with Gasteiger partial charge in [-0.3, -0.25) is 0 Å². The highest BCUT2D eigenvalue weighted by molar-refractivity contribution is 7.99. The minimum atomic E-state index is -0.986. The molecule has 0 saturated carbocycles. The van der Waals surface area contributed by atoms with Gasteiger partial charge in [0.15, 0.2) is 5.69 Å². The molecule has 0 unspecified atom stereocenters. The molecule has 1 N–H and O–H groups in total. The number of aromatic nitrogens is 1. The third kappa shape index (κ3) is 2.50. The van der Waals surface area contributed by atoms with Gasteiger partial charge in [-0.05, 0) is 24.3 Å². The first-order valence-corrected chi connectivity index (χ1v) is 5.89. The summed E-state index contributed by atoms with van der Waals surface area (Å²) < 4.78 is 0. The Labute approximate surface area is 108 Å². The van der Waals surface area contributed by atoms with E-state index in [0.29, 0.717) is 15.5 Å². The second-order valence-corrected chi connectivity index (χ2v) is 4.45. The number of carboxylic acids is 1. The quantitative estimate of drug-likeness (QED) is 0.914. The second-order valence-electron chi connectivity index (χ2n) is 3.37. The lowest BCUT2D eigenvalue weighted by Gasteiger charge is -2.05. The first-order chi connectivity index (χ1) is 8.72. The molecule has 0 aliphatic heterocycles. The van der Waals surface area contributed by atoms with Crippen molar-refractivity contribution in [1.82, 2.24) is 4.98 Å². The highest BCUT2D eigenvalue weighted by Gasteiger charge is 2.12. The normalized spacial score (nSPS) is 9.72. The van der Waals surface area contributed by atoms with Gasteiger partial charge in [0.2, 0.25) is 0 Å². The van der Waals surface area contributed by atoms with Gasteiger partial charge in [0, 0.05) is 16.0 Å². The zero-order chi connectivity index (χ0) is 13.0. The van der Waals surface area contributed by atoms with Crippen LogP contribution >= 0.6 is 11.8 Å². The number of hydrogen-bond donors (Lipinski definition) is 1. The van der Waals surface area contributed by atoms with Crippen LogP contribution in [-0.4, -0.2) is 16.1 Å². The van der Waals surface area contributed by atoms with E-state index in [-0.39, 0.29) is 5.56 Å². The third-order valence-electron chi connectivity index (χ3n) is 2.21. The van der Waals surface area contributed by atoms with E-state index in [1.807, 2.05) is 6.07 Å². The molecular formula is C13H8N2O2S. The van der Waals surface area contributed by atoms with E-state index in [2.05, 4.69) is 4.98 Å². The average Bonchev–Trinajstić information content (AvgIpc) is 2.40. The van der Waals surface area contributed by atoms with Gasteiger partial charge in [-0.25, -0.2) is 9.78 Å². The molecule has 2 aromatic rings. The molecule has 1 heterocycles. The van der Waals surface area contributed by atoms with Gasteiger partial charge in [0.25, 0.3) is 0 Å². The molecule has 88 valence electrons. The Bertz CT molecular complexity index is 635. The summed E-state index contributed by atoms with van der Waals surface area (Å²) in [5.74, 6) is -0.986. The lowest BCUT2D eigenvalue weighted by molar-refractivity contribution is 0.0693. The fraction of sp³-hybridized carbons (Fsp3) is 0. The standard InChI is InChI=1S/C13H8N2O2S/c14-8-10-12(6-3-7-15-10)18-11-5-2-1-4-9(11)13(16)17/h1-7H,(H,16,17). The van der Waals surface area contributed by atoms with Crippen molar-refractivity contribution in [3.05, 3.63) is 53.9 Å². The maximum Gasteiger partial charge on any atom is 0.336 e. The van der Waals surface area contributed by atoms with Crippen molar-refractivity contribution in [3.8, 4) is 6.07 Å². The maximum atomic E-state index is 11.1. The highest BCUT2D eigenvalue weighted by atomic mass is 32.2. The lowest BCUT2D eigenvalue weighted by Crippen LogP contribution is -1.98. The monoisotopic (exact) mass is 256 g/mol. The Morgan fingerprint density at radius 1 is 1.22 bits per heavy atom. The molecule has 0 bridgehead atoms. The van der Waals surface area contributed by atoms with Crippen molar-refractivity contribution >= 4 is 17.7 Å². The summed E-state index contributed by atoms with van der Waals surface area (Å²) in [6, 6.07) is 12.1. The first kappa shape index (κ1) is 12.1. The van der Waals surface area contributed by atoms with Gasteiger partial charge in [-0.2, -0.15) is 5.26 Å². The van der Waals surface area contributed by atoms with Crippen LogP contribution in [-0.2, 0) is 0 Å². The van der Waals surface area contributed by atoms with Gasteiger partial charge in [-0.15, -0.1) is 0 Å². The van der Waals surface area contributed by atoms with Crippen molar-refractivity contribution in [1.29, 1.82) is 5.26 Å². The Hall–Kier alpha value is -2.32. The summed E-state index contributed by atoms with van der Waals surface area (Å²) in [5.41, 5.74) is 0.512. The van der Waals surface area contributed by atoms with Crippen LogP contribution in [0.4, 0.5) is 0 Å². The topological polar surface area (TPSA) is 74.0 Å². The fourth-order valence-corrected chi connectivity index (χ4v) is 2.40. The van der Waals surface area contributed by atoms with E-state index >= 15 is 0 Å². The average molecular weight is 256 g/mol. The minimum absolute atomic E-state index is 0.218. The number of carbonyl (C=O) groups is 1. The van der Waals surface area contributed by atoms with E-state index in [4.69, 9.17) is 10.4 Å². The van der Waals surface area contributed by atoms with Gasteiger partial charge in [-0.1, -0.05) is 23.9 Å². The summed E-state index contributed by atoms with van der Waals surface area (Å²) in [4.78, 5) is 16.3. The van der Waals surface area contributed by atoms with Crippen LogP contribution in [0.5, 0.6) is 0 Å². The molecule has 0 radical (unpaired) electrons. The van der Waals surface area contributed by atoms with Crippen LogP contribution < -0.4 is 0 Å². The molecule has 0 saturated heterocycles. The van der Waals surface area contributed by atoms with Crippen LogP contribution in [0.2, 0.25) is 0 Å². The molecule has 4 nitrogen and oxygen atoms in total.